The molecule has 1 aliphatic rings. The number of nitrogens with zero attached hydrogens (tertiary/aromatic N) is 2. The molecule has 1 N–H and O–H groups in total. The molecule has 4 aromatic rings. The Kier molecular flexibility index (Phi) is 5.84. The van der Waals surface area contributed by atoms with E-state index in [1.807, 2.05) is 30.3 Å². The molecule has 1 aliphatic heterocycles. The number of rotatable bonds is 6. The number of hydrogen-bond donors (Lipinski definition) is 1. The van der Waals surface area contributed by atoms with Crippen molar-refractivity contribution >= 4 is 50.4 Å². The molecule has 0 unspecified atom stereocenters. The second kappa shape index (κ2) is 9.11. The molecular formula is C26H19N3O5S. The van der Waals surface area contributed by atoms with Crippen molar-refractivity contribution in [2.45, 2.75) is 13.5 Å². The van der Waals surface area contributed by atoms with Gasteiger partial charge in [-0.2, -0.15) is 0 Å². The van der Waals surface area contributed by atoms with Gasteiger partial charge in [-0.15, -0.1) is 0 Å². The Bertz CT molecular complexity index is 1500. The molecule has 8 nitrogen and oxygen atoms in total. The zero-order valence-electron chi connectivity index (χ0n) is 18.6. The lowest BCUT2D eigenvalue weighted by molar-refractivity contribution is 0.0525. The van der Waals surface area contributed by atoms with E-state index >= 15 is 0 Å². The van der Waals surface area contributed by atoms with Crippen LogP contribution in [0, 0.1) is 0 Å². The number of benzene rings is 3. The molecule has 0 radical (unpaired) electrons. The number of carbonyl (C=O) groups excluding carboxylic acids is 4. The van der Waals surface area contributed by atoms with Gasteiger partial charge >= 0.3 is 5.97 Å². The number of amides is 3. The molecule has 0 spiro atoms. The molecule has 0 saturated carbocycles. The number of anilines is 1. The van der Waals surface area contributed by atoms with Crippen LogP contribution in [0.5, 0.6) is 0 Å². The Labute approximate surface area is 204 Å². The van der Waals surface area contributed by atoms with E-state index in [0.717, 1.165) is 10.3 Å². The summed E-state index contributed by atoms with van der Waals surface area (Å²) < 4.78 is 5.74. The van der Waals surface area contributed by atoms with Crippen LogP contribution in [0.25, 0.3) is 10.2 Å². The molecule has 0 saturated heterocycles. The lowest BCUT2D eigenvalue weighted by atomic mass is 10.1. The topological polar surface area (TPSA) is 106 Å². The monoisotopic (exact) mass is 485 g/mol. The predicted molar refractivity (Wildman–Crippen MR) is 131 cm³/mol. The highest BCUT2D eigenvalue weighted by Crippen LogP contribution is 2.29. The number of aromatic nitrogens is 1. The van der Waals surface area contributed by atoms with Gasteiger partial charge in [-0.1, -0.05) is 41.7 Å². The minimum Gasteiger partial charge on any atom is -0.462 e. The Morgan fingerprint density at radius 2 is 1.69 bits per heavy atom. The van der Waals surface area contributed by atoms with Crippen LogP contribution in [-0.4, -0.2) is 40.2 Å². The summed E-state index contributed by atoms with van der Waals surface area (Å²) >= 11 is 1.22. The van der Waals surface area contributed by atoms with Crippen molar-refractivity contribution in [1.82, 2.24) is 9.88 Å². The highest BCUT2D eigenvalue weighted by atomic mass is 32.1. The number of imide groups is 1. The average molecular weight is 486 g/mol. The van der Waals surface area contributed by atoms with Gasteiger partial charge < -0.3 is 4.74 Å². The molecule has 174 valence electrons. The van der Waals surface area contributed by atoms with Gasteiger partial charge in [-0.25, -0.2) is 9.78 Å². The fraction of sp³-hybridized carbons (Fsp3) is 0.115. The van der Waals surface area contributed by atoms with E-state index in [1.165, 1.54) is 34.4 Å². The second-order valence-corrected chi connectivity index (χ2v) is 8.85. The van der Waals surface area contributed by atoms with Crippen molar-refractivity contribution < 1.29 is 23.9 Å². The van der Waals surface area contributed by atoms with Gasteiger partial charge in [-0.05, 0) is 48.9 Å². The molecule has 2 heterocycles. The van der Waals surface area contributed by atoms with Crippen LogP contribution >= 0.6 is 11.3 Å². The van der Waals surface area contributed by atoms with Gasteiger partial charge in [0.1, 0.15) is 0 Å². The Hall–Kier alpha value is -4.37. The molecule has 5 rings (SSSR count). The van der Waals surface area contributed by atoms with Crippen molar-refractivity contribution in [2.24, 2.45) is 0 Å². The molecule has 0 atom stereocenters. The smallest absolute Gasteiger partial charge is 0.338 e. The van der Waals surface area contributed by atoms with Gasteiger partial charge in [0.15, 0.2) is 5.13 Å². The van der Waals surface area contributed by atoms with Crippen molar-refractivity contribution in [3.05, 3.63) is 94.5 Å². The third kappa shape index (κ3) is 4.29. The summed E-state index contributed by atoms with van der Waals surface area (Å²) in [4.78, 5) is 56.1. The van der Waals surface area contributed by atoms with Crippen molar-refractivity contribution in [2.75, 3.05) is 11.9 Å². The lowest BCUT2D eigenvalue weighted by Crippen LogP contribution is -2.29. The maximum absolute atomic E-state index is 12.9. The maximum atomic E-state index is 12.9. The first-order chi connectivity index (χ1) is 16.9. The van der Waals surface area contributed by atoms with Crippen LogP contribution in [0.3, 0.4) is 0 Å². The fourth-order valence-corrected chi connectivity index (χ4v) is 4.73. The van der Waals surface area contributed by atoms with E-state index in [0.29, 0.717) is 16.2 Å². The van der Waals surface area contributed by atoms with Gasteiger partial charge in [0.2, 0.25) is 0 Å². The molecule has 9 heteroatoms. The van der Waals surface area contributed by atoms with E-state index in [9.17, 15) is 19.2 Å². The van der Waals surface area contributed by atoms with Crippen LogP contribution in [0.1, 0.15) is 53.9 Å². The first-order valence-electron chi connectivity index (χ1n) is 10.9. The Morgan fingerprint density at radius 3 is 2.46 bits per heavy atom. The lowest BCUT2D eigenvalue weighted by Gasteiger charge is -2.13. The highest BCUT2D eigenvalue weighted by molar-refractivity contribution is 7.22. The Morgan fingerprint density at radius 1 is 0.943 bits per heavy atom. The number of esters is 1. The van der Waals surface area contributed by atoms with E-state index < -0.39 is 17.8 Å². The van der Waals surface area contributed by atoms with E-state index in [2.05, 4.69) is 10.3 Å². The quantitative estimate of drug-likeness (QED) is 0.318. The van der Waals surface area contributed by atoms with E-state index in [1.54, 1.807) is 25.1 Å². The highest BCUT2D eigenvalue weighted by Gasteiger charge is 2.36. The molecule has 0 fully saturated rings. The minimum absolute atomic E-state index is 0.161. The third-order valence-corrected chi connectivity index (χ3v) is 6.47. The normalized spacial score (nSPS) is 12.7. The molecule has 1 aromatic heterocycles. The fourth-order valence-electron chi connectivity index (χ4n) is 3.83. The van der Waals surface area contributed by atoms with Gasteiger partial charge in [0.25, 0.3) is 17.7 Å². The van der Waals surface area contributed by atoms with Gasteiger partial charge in [-0.3, -0.25) is 24.6 Å². The number of hydrogen-bond acceptors (Lipinski definition) is 7. The predicted octanol–water partition coefficient (Wildman–Crippen LogP) is 4.52. The molecule has 3 aromatic carbocycles. The first kappa shape index (κ1) is 22.4. The summed E-state index contributed by atoms with van der Waals surface area (Å²) in [5.74, 6) is -1.70. The summed E-state index contributed by atoms with van der Waals surface area (Å²) in [6.45, 7) is 2.17. The SMILES string of the molecule is CCOC(=O)c1ccc2nc(NC(=O)c3ccc4c(c3)C(=O)N(Cc3ccccc3)C4=O)sc2c1. The summed E-state index contributed by atoms with van der Waals surface area (Å²) in [7, 11) is 0. The summed E-state index contributed by atoms with van der Waals surface area (Å²) in [6.07, 6.45) is 0. The van der Waals surface area contributed by atoms with Crippen LogP contribution in [-0.2, 0) is 11.3 Å². The number of ether oxygens (including phenoxy) is 1. The van der Waals surface area contributed by atoms with Gasteiger partial charge in [0, 0.05) is 5.56 Å². The van der Waals surface area contributed by atoms with Crippen LogP contribution < -0.4 is 5.32 Å². The van der Waals surface area contributed by atoms with Crippen LogP contribution in [0.15, 0.2) is 66.7 Å². The number of fused-ring (bicyclic) bond motifs is 2. The van der Waals surface area contributed by atoms with Gasteiger partial charge in [0.05, 0.1) is 40.1 Å². The molecule has 0 bridgehead atoms. The summed E-state index contributed by atoms with van der Waals surface area (Å²) in [5, 5.41) is 3.08. The zero-order valence-corrected chi connectivity index (χ0v) is 19.4. The van der Waals surface area contributed by atoms with Crippen molar-refractivity contribution in [3.63, 3.8) is 0 Å². The van der Waals surface area contributed by atoms with Crippen LogP contribution in [0.4, 0.5) is 5.13 Å². The maximum Gasteiger partial charge on any atom is 0.338 e. The number of thiazole rings is 1. The summed E-state index contributed by atoms with van der Waals surface area (Å²) in [5.41, 5.74) is 2.57. The largest absolute Gasteiger partial charge is 0.462 e. The zero-order chi connectivity index (χ0) is 24.5. The summed E-state index contributed by atoms with van der Waals surface area (Å²) in [6, 6.07) is 18.7. The van der Waals surface area contributed by atoms with Crippen molar-refractivity contribution in [3.8, 4) is 0 Å². The standard InChI is InChI=1S/C26H19N3O5S/c1-2-34-25(33)17-9-11-20-21(13-17)35-26(27-20)28-22(30)16-8-10-18-19(12-16)24(32)29(23(18)31)14-15-6-4-3-5-7-15/h3-13H,2,14H2,1H3,(H,27,28,30). The van der Waals surface area contributed by atoms with E-state index in [4.69, 9.17) is 4.74 Å². The average Bonchev–Trinajstić information content (AvgIpc) is 3.37. The number of nitrogens with one attached hydrogen (secondary N) is 1. The molecular weight excluding hydrogens is 466 g/mol. The Balaban J connectivity index is 1.34. The third-order valence-electron chi connectivity index (χ3n) is 5.54. The van der Waals surface area contributed by atoms with E-state index in [-0.39, 0.29) is 35.7 Å². The van der Waals surface area contributed by atoms with Crippen molar-refractivity contribution in [1.29, 1.82) is 0 Å². The number of carbonyl (C=O) groups is 4. The second-order valence-electron chi connectivity index (χ2n) is 7.82. The first-order valence-corrected chi connectivity index (χ1v) is 11.7. The van der Waals surface area contributed by atoms with Crippen LogP contribution in [0.2, 0.25) is 0 Å². The molecule has 0 aliphatic carbocycles. The molecule has 35 heavy (non-hydrogen) atoms. The molecule has 3 amide bonds. The minimum atomic E-state index is -0.459.